The van der Waals surface area contributed by atoms with E-state index in [2.05, 4.69) is 50.5 Å². The number of aromatic amines is 1. The summed E-state index contributed by atoms with van der Waals surface area (Å²) in [6.45, 7) is 1.84. The van der Waals surface area contributed by atoms with E-state index in [1.165, 1.54) is 91.2 Å². The third-order valence-corrected chi connectivity index (χ3v) is 16.0. The van der Waals surface area contributed by atoms with Crippen LogP contribution in [0.15, 0.2) is 121 Å². The lowest BCUT2D eigenvalue weighted by atomic mass is 10.1. The van der Waals surface area contributed by atoms with Crippen LogP contribution in [0, 0.1) is 6.92 Å². The molecule has 0 unspecified atom stereocenters. The van der Waals surface area contributed by atoms with Crippen LogP contribution >= 0.6 is 139 Å². The summed E-state index contributed by atoms with van der Waals surface area (Å²) in [6, 6.07) is 24.4. The van der Waals surface area contributed by atoms with Gasteiger partial charge in [-0.2, -0.15) is 0 Å². The summed E-state index contributed by atoms with van der Waals surface area (Å²) in [5.74, 6) is 0.0595. The van der Waals surface area contributed by atoms with Crippen molar-refractivity contribution in [2.45, 2.75) is 11.2 Å². The largest absolute Gasteiger partial charge is 0.495 e. The summed E-state index contributed by atoms with van der Waals surface area (Å²) >= 11 is 68.6. The van der Waals surface area contributed by atoms with Gasteiger partial charge in [-0.15, -0.1) is 0 Å². The average Bonchev–Trinajstić information content (AvgIpc) is 0.802. The van der Waals surface area contributed by atoms with Crippen LogP contribution in [-0.4, -0.2) is 108 Å². The minimum absolute atomic E-state index is 0.0357. The lowest BCUT2D eigenvalue weighted by Crippen LogP contribution is -2.14. The zero-order chi connectivity index (χ0) is 70.8. The first-order chi connectivity index (χ1) is 45.6. The number of aryl methyl sites for hydroxylation is 1. The van der Waals surface area contributed by atoms with Crippen LogP contribution in [0.4, 0.5) is 22.9 Å². The molecule has 0 atom stereocenters. The van der Waals surface area contributed by atoms with Crippen LogP contribution in [0.3, 0.4) is 0 Å². The Kier molecular flexibility index (Phi) is 28.6. The zero-order valence-electron chi connectivity index (χ0n) is 49.9. The number of halogens is 12. The van der Waals surface area contributed by atoms with E-state index in [9.17, 15) is 24.0 Å². The van der Waals surface area contributed by atoms with Crippen LogP contribution < -0.4 is 51.3 Å². The molecule has 0 saturated heterocycles. The van der Waals surface area contributed by atoms with Crippen molar-refractivity contribution in [2.75, 3.05) is 57.6 Å². The fourth-order valence-corrected chi connectivity index (χ4v) is 10.4. The van der Waals surface area contributed by atoms with Crippen LogP contribution in [0.25, 0.3) is 43.6 Å². The number of rotatable bonds is 11. The van der Waals surface area contributed by atoms with Gasteiger partial charge in [-0.05, 0) is 78.7 Å². The molecule has 4 aromatic heterocycles. The van der Waals surface area contributed by atoms with Crippen molar-refractivity contribution < 1.29 is 48.0 Å². The van der Waals surface area contributed by atoms with Crippen molar-refractivity contribution in [1.82, 2.24) is 39.9 Å². The van der Waals surface area contributed by atoms with Gasteiger partial charge >= 0.3 is 5.97 Å². The standard InChI is InChI=1S/C17H12Cl3N3O3.C17H14Cl2N4O3.C9H4Cl2N2O.C9H6N2O3.C8H9Cl2NO.CHCl3/c2*1-25-10-6-11(26-2)13(19)15(12(10)18)23-17(24)9-5-3-4-8-14(9)21-7-22-16(8)20;10-8-5-2-1-3-6(9(11)14)7(5)12-4-13-8;12-8-5-2-1-3-6(9(13)14)7(5)10-4-11-8;1-4-3-5(12-2)7(10)8(11)6(4)9;2-1(3)4/h3-7H,1-2H3,(H,23,24);3-7H,1-2H3,(H,23,24)(H2,20,21,22);1-4H;1-4H,(H,13,14)(H,10,11,12);3H,11H2,1-2H3;1H. The number of para-hydroxylation sites is 4. The molecule has 35 heteroatoms. The molecule has 500 valence electrons. The maximum Gasteiger partial charge on any atom is 0.337 e. The first-order valence-corrected chi connectivity index (χ1v) is 31.1. The number of nitrogen functional groups attached to an aromatic ring is 2. The number of aromatic carboxylic acids is 1. The summed E-state index contributed by atoms with van der Waals surface area (Å²) in [4.78, 5) is 88.8. The van der Waals surface area contributed by atoms with Crippen LogP contribution in [0.5, 0.6) is 28.7 Å². The average molecular weight is 1550 g/mol. The molecule has 0 aliphatic rings. The number of amides is 2. The summed E-state index contributed by atoms with van der Waals surface area (Å²) in [5, 5.41) is 17.7. The van der Waals surface area contributed by atoms with Crippen molar-refractivity contribution >= 4 is 229 Å². The number of alkyl halides is 3. The fraction of sp³-hybridized carbons (Fsp3) is 0.115. The highest BCUT2D eigenvalue weighted by Crippen LogP contribution is 2.46. The Balaban J connectivity index is 0.000000194. The van der Waals surface area contributed by atoms with Crippen molar-refractivity contribution in [3.8, 4) is 28.7 Å². The van der Waals surface area contributed by atoms with E-state index in [1.807, 2.05) is 6.92 Å². The highest BCUT2D eigenvalue weighted by Gasteiger charge is 2.24. The Bertz CT molecular complexity index is 4570. The van der Waals surface area contributed by atoms with E-state index >= 15 is 0 Å². The second-order valence-corrected chi connectivity index (χ2v) is 23.7. The lowest BCUT2D eigenvalue weighted by Gasteiger charge is -2.15. The molecular weight excluding hydrogens is 1500 g/mol. The molecule has 0 saturated carbocycles. The number of carbonyl (C=O) groups excluding carboxylic acids is 3. The Hall–Kier alpha value is -8.14. The molecule has 0 aliphatic heterocycles. The predicted molar refractivity (Wildman–Crippen MR) is 381 cm³/mol. The minimum Gasteiger partial charge on any atom is -0.495 e. The van der Waals surface area contributed by atoms with E-state index in [0.29, 0.717) is 99.0 Å². The summed E-state index contributed by atoms with van der Waals surface area (Å²) < 4.78 is 25.0. The van der Waals surface area contributed by atoms with Gasteiger partial charge in [0.1, 0.15) is 89.0 Å². The molecule has 0 spiro atoms. The second-order valence-electron chi connectivity index (χ2n) is 18.4. The number of nitrogens with two attached hydrogens (primary N) is 2. The molecule has 0 fully saturated rings. The monoisotopic (exact) mass is 1540 g/mol. The molecule has 7 aromatic carbocycles. The second kappa shape index (κ2) is 35.7. The number of anilines is 4. The van der Waals surface area contributed by atoms with Crippen molar-refractivity contribution in [2.24, 2.45) is 0 Å². The van der Waals surface area contributed by atoms with Crippen LogP contribution in [0.1, 0.15) is 47.0 Å². The Morgan fingerprint density at radius 3 is 1.25 bits per heavy atom. The van der Waals surface area contributed by atoms with Gasteiger partial charge in [0.15, 0.2) is 4.30 Å². The molecule has 2 amide bonds. The third kappa shape index (κ3) is 18.7. The Morgan fingerprint density at radius 2 is 0.833 bits per heavy atom. The number of carboxylic acid groups (broad SMARTS) is 1. The number of carbonyl (C=O) groups is 4. The molecular formula is C61H46Cl12N12O11. The molecule has 11 aromatic rings. The number of methoxy groups -OCH3 is 5. The Labute approximate surface area is 604 Å². The van der Waals surface area contributed by atoms with Crippen LogP contribution in [0.2, 0.25) is 40.4 Å². The molecule has 96 heavy (non-hydrogen) atoms. The third-order valence-electron chi connectivity index (χ3n) is 12.8. The van der Waals surface area contributed by atoms with Gasteiger partial charge in [-0.1, -0.05) is 152 Å². The van der Waals surface area contributed by atoms with Gasteiger partial charge in [0, 0.05) is 28.3 Å². The summed E-state index contributed by atoms with van der Waals surface area (Å²) in [7, 11) is 7.33. The van der Waals surface area contributed by atoms with Gasteiger partial charge in [0.2, 0.25) is 0 Å². The van der Waals surface area contributed by atoms with E-state index in [1.54, 1.807) is 60.7 Å². The van der Waals surface area contributed by atoms with Gasteiger partial charge in [0.05, 0.1) is 114 Å². The van der Waals surface area contributed by atoms with Crippen LogP contribution in [-0.2, 0) is 0 Å². The molecule has 8 N–H and O–H groups in total. The highest BCUT2D eigenvalue weighted by atomic mass is 35.6. The first kappa shape index (κ1) is 76.9. The van der Waals surface area contributed by atoms with Crippen molar-refractivity contribution in [1.29, 1.82) is 0 Å². The fourth-order valence-electron chi connectivity index (χ4n) is 8.28. The zero-order valence-corrected chi connectivity index (χ0v) is 59.0. The normalized spacial score (nSPS) is 10.4. The SMILES string of the molecule is COc1cc(C)c(Cl)c(N)c1Cl.COc1cc(OC)c(Cl)c(NC(=O)c2cccc3c(Cl)ncnc23)c1Cl.COc1cc(OC)c(Cl)c(NC(=O)c2cccc3c(N)ncnc23)c1Cl.ClC(Cl)Cl.O=C(Cl)c1cccc2c(Cl)ncnc12.O=C(O)c1cccc2c(=O)[nH]cnc12. The molecule has 0 bridgehead atoms. The summed E-state index contributed by atoms with van der Waals surface area (Å²) in [6.07, 6.45) is 5.07. The number of carboxylic acids is 1. The molecule has 0 aliphatic carbocycles. The lowest BCUT2D eigenvalue weighted by molar-refractivity contribution is 0.0698. The number of benzene rings is 7. The molecule has 11 rings (SSSR count). The maximum atomic E-state index is 12.8. The van der Waals surface area contributed by atoms with E-state index in [0.717, 1.165) is 5.56 Å². The van der Waals surface area contributed by atoms with Gasteiger partial charge in [-0.25, -0.2) is 39.7 Å². The maximum absolute atomic E-state index is 12.8. The number of hydrogen-bond donors (Lipinski definition) is 6. The van der Waals surface area contributed by atoms with Crippen molar-refractivity contribution in [3.63, 3.8) is 0 Å². The number of ether oxygens (including phenoxy) is 5. The molecule has 23 nitrogen and oxygen atoms in total. The van der Waals surface area contributed by atoms with Gasteiger partial charge in [-0.3, -0.25) is 19.2 Å². The first-order valence-electron chi connectivity index (χ1n) is 26.4. The number of H-pyrrole nitrogens is 1. The highest BCUT2D eigenvalue weighted by molar-refractivity contribution is 6.68. The van der Waals surface area contributed by atoms with Gasteiger partial charge in [0.25, 0.3) is 22.6 Å². The van der Waals surface area contributed by atoms with Crippen molar-refractivity contribution in [3.05, 3.63) is 195 Å². The van der Waals surface area contributed by atoms with E-state index < -0.39 is 27.3 Å². The van der Waals surface area contributed by atoms with E-state index in [4.69, 9.17) is 179 Å². The number of fused-ring (bicyclic) bond motifs is 4. The number of nitrogens with one attached hydrogen (secondary N) is 3. The number of hydrogen-bond acceptors (Lipinski definition) is 19. The smallest absolute Gasteiger partial charge is 0.337 e. The minimum atomic E-state index is -1.09. The predicted octanol–water partition coefficient (Wildman–Crippen LogP) is 16.8. The van der Waals surface area contributed by atoms with Gasteiger partial charge < -0.3 is 55.9 Å². The quantitative estimate of drug-likeness (QED) is 0.0303. The number of aromatic nitrogens is 8. The topological polar surface area (TPSA) is 334 Å². The molecule has 4 heterocycles. The molecule has 0 radical (unpaired) electrons. The summed E-state index contributed by atoms with van der Waals surface area (Å²) in [5.41, 5.74) is 15.2. The van der Waals surface area contributed by atoms with E-state index in [-0.39, 0.29) is 64.5 Å². The number of nitrogens with zero attached hydrogens (tertiary/aromatic N) is 7. The Morgan fingerprint density at radius 1 is 0.479 bits per heavy atom.